The first-order valence-electron chi connectivity index (χ1n) is 19.0. The Bertz CT molecular complexity index is 2100. The first-order valence-corrected chi connectivity index (χ1v) is 19.0. The summed E-state index contributed by atoms with van der Waals surface area (Å²) in [6.45, 7) is 2.51. The molecular weight excluding hydrogens is 774 g/mol. The van der Waals surface area contributed by atoms with Crippen LogP contribution in [0.2, 0.25) is 0 Å². The van der Waals surface area contributed by atoms with Gasteiger partial charge in [-0.1, -0.05) is 19.1 Å². The largest absolute Gasteiger partial charge is 0.506 e. The molecule has 0 aromatic heterocycles. The third kappa shape index (κ3) is 8.56. The fourth-order valence-corrected chi connectivity index (χ4v) is 7.95. The SMILES string of the molecule is CC(N)C(=O)N[C@H]1C[C@@H](C)Cc2cc3cc4c2O[C@H]2Nc5c(O)cccc5[C@@]42C[C@@H](C(=O)NCC(=O)NCC(=O)O)NC(=O)[C@H](C)NC(=O)CNC(=O)[C@@H](NC1=O)[C@@H]3O. The normalized spacial score (nSPS) is 28.1. The monoisotopic (exact) mass is 821 g/mol. The number of fused-ring (bicyclic) bond motifs is 4. The summed E-state index contributed by atoms with van der Waals surface area (Å²) in [5.74, 6) is -7.34. The molecule has 4 aliphatic rings. The second-order valence-corrected chi connectivity index (χ2v) is 15.4. The van der Waals surface area contributed by atoms with E-state index >= 15 is 0 Å². The van der Waals surface area contributed by atoms with E-state index in [2.05, 4.69) is 42.5 Å². The van der Waals surface area contributed by atoms with Gasteiger partial charge in [0.05, 0.1) is 30.2 Å². The summed E-state index contributed by atoms with van der Waals surface area (Å²) in [4.78, 5) is 105. The van der Waals surface area contributed by atoms with Gasteiger partial charge in [-0.2, -0.15) is 0 Å². The van der Waals surface area contributed by atoms with Crippen molar-refractivity contribution in [1.29, 1.82) is 0 Å². The summed E-state index contributed by atoms with van der Waals surface area (Å²) in [6.07, 6.45) is -2.91. The van der Waals surface area contributed by atoms with Gasteiger partial charge in [-0.15, -0.1) is 0 Å². The highest BCUT2D eigenvalue weighted by molar-refractivity contribution is 5.96. The molecule has 13 N–H and O–H groups in total. The maximum Gasteiger partial charge on any atom is 0.322 e. The number of benzene rings is 2. The molecular formula is C38H47N9O12. The molecule has 2 aromatic rings. The lowest BCUT2D eigenvalue weighted by molar-refractivity contribution is -0.138. The van der Waals surface area contributed by atoms with Crippen LogP contribution >= 0.6 is 0 Å². The highest BCUT2D eigenvalue weighted by Crippen LogP contribution is 2.59. The number of carboxylic acids is 1. The number of amides is 7. The maximum absolute atomic E-state index is 14.1. The van der Waals surface area contributed by atoms with E-state index < -0.39 is 115 Å². The quantitative estimate of drug-likeness (QED) is 0.121. The van der Waals surface area contributed by atoms with Crippen molar-refractivity contribution in [2.45, 2.75) is 88.0 Å². The summed E-state index contributed by atoms with van der Waals surface area (Å²) in [7, 11) is 0. The lowest BCUT2D eigenvalue weighted by atomic mass is 9.70. The zero-order valence-electron chi connectivity index (χ0n) is 32.3. The zero-order chi connectivity index (χ0) is 42.9. The van der Waals surface area contributed by atoms with E-state index in [4.69, 9.17) is 15.6 Å². The molecule has 4 aliphatic heterocycles. The number of aliphatic hydroxyl groups excluding tert-OH is 1. The Morgan fingerprint density at radius 2 is 1.71 bits per heavy atom. The average Bonchev–Trinajstić information content (AvgIpc) is 3.66. The van der Waals surface area contributed by atoms with Gasteiger partial charge in [0.2, 0.25) is 41.4 Å². The van der Waals surface area contributed by atoms with Gasteiger partial charge in [0.25, 0.3) is 0 Å². The van der Waals surface area contributed by atoms with Crippen LogP contribution in [0.4, 0.5) is 5.69 Å². The van der Waals surface area contributed by atoms with Crippen molar-refractivity contribution in [2.24, 2.45) is 11.7 Å². The van der Waals surface area contributed by atoms with Crippen LogP contribution in [-0.2, 0) is 50.2 Å². The number of anilines is 1. The number of para-hydroxylation sites is 1. The van der Waals surface area contributed by atoms with Gasteiger partial charge in [-0.25, -0.2) is 0 Å². The van der Waals surface area contributed by atoms with Crippen LogP contribution in [0.3, 0.4) is 0 Å². The third-order valence-corrected chi connectivity index (χ3v) is 10.9. The highest BCUT2D eigenvalue weighted by Gasteiger charge is 2.59. The number of nitrogens with two attached hydrogens (primary N) is 1. The third-order valence-electron chi connectivity index (χ3n) is 10.9. The van der Waals surface area contributed by atoms with Gasteiger partial charge in [-0.05, 0) is 73.9 Å². The van der Waals surface area contributed by atoms with E-state index in [9.17, 15) is 48.6 Å². The zero-order valence-corrected chi connectivity index (χ0v) is 32.3. The first-order chi connectivity index (χ1) is 27.9. The van der Waals surface area contributed by atoms with Gasteiger partial charge < -0.3 is 68.3 Å². The Morgan fingerprint density at radius 1 is 0.966 bits per heavy atom. The molecule has 4 bridgehead atoms. The number of carboxylic acid groups (broad SMARTS) is 1. The highest BCUT2D eigenvalue weighted by atomic mass is 16.5. The average molecular weight is 822 g/mol. The molecule has 2 aromatic carbocycles. The number of aromatic hydroxyl groups is 1. The van der Waals surface area contributed by atoms with Crippen LogP contribution in [-0.4, -0.2) is 119 Å². The molecule has 1 unspecified atom stereocenters. The molecule has 21 nitrogen and oxygen atoms in total. The lowest BCUT2D eigenvalue weighted by Crippen LogP contribution is -2.58. The minimum Gasteiger partial charge on any atom is -0.506 e. The molecule has 7 amide bonds. The number of carbonyl (C=O) groups excluding carboxylic acids is 7. The summed E-state index contributed by atoms with van der Waals surface area (Å²) < 4.78 is 6.66. The Labute approximate surface area is 336 Å². The van der Waals surface area contributed by atoms with E-state index in [-0.39, 0.29) is 42.2 Å². The smallest absolute Gasteiger partial charge is 0.322 e. The van der Waals surface area contributed by atoms with Gasteiger partial charge in [0.15, 0.2) is 6.23 Å². The van der Waals surface area contributed by atoms with Crippen LogP contribution < -0.4 is 53.0 Å². The second-order valence-electron chi connectivity index (χ2n) is 15.4. The number of nitrogens with one attached hydrogen (secondary N) is 8. The number of aliphatic carboxylic acids is 1. The van der Waals surface area contributed by atoms with Crippen molar-refractivity contribution in [3.05, 3.63) is 52.6 Å². The van der Waals surface area contributed by atoms with E-state index in [1.54, 1.807) is 24.3 Å². The number of ether oxygens (including phenoxy) is 1. The predicted octanol–water partition coefficient (Wildman–Crippen LogP) is -3.42. The molecule has 0 aliphatic carbocycles. The number of phenols is 1. The minimum atomic E-state index is -1.78. The van der Waals surface area contributed by atoms with E-state index in [1.807, 2.05) is 6.92 Å². The number of rotatable bonds is 7. The minimum absolute atomic E-state index is 0.0475. The number of carbonyl (C=O) groups is 8. The van der Waals surface area contributed by atoms with Crippen molar-refractivity contribution >= 4 is 53.0 Å². The molecule has 316 valence electrons. The maximum atomic E-state index is 14.1. The summed E-state index contributed by atoms with van der Waals surface area (Å²) in [6, 6.07) is 1.12. The van der Waals surface area contributed by atoms with E-state index in [0.717, 1.165) is 0 Å². The molecule has 0 saturated heterocycles. The van der Waals surface area contributed by atoms with E-state index in [1.165, 1.54) is 19.9 Å². The fraction of sp³-hybridized carbons (Fsp3) is 0.474. The van der Waals surface area contributed by atoms with Crippen LogP contribution in [0.1, 0.15) is 62.0 Å². The van der Waals surface area contributed by atoms with Gasteiger partial charge in [-0.3, -0.25) is 38.4 Å². The predicted molar refractivity (Wildman–Crippen MR) is 204 cm³/mol. The fourth-order valence-electron chi connectivity index (χ4n) is 7.95. The molecule has 0 fully saturated rings. The van der Waals surface area contributed by atoms with Crippen molar-refractivity contribution < 1.29 is 58.4 Å². The van der Waals surface area contributed by atoms with E-state index in [0.29, 0.717) is 22.4 Å². The van der Waals surface area contributed by atoms with Crippen molar-refractivity contribution in [3.63, 3.8) is 0 Å². The molecule has 59 heavy (non-hydrogen) atoms. The lowest BCUT2D eigenvalue weighted by Gasteiger charge is -2.34. The molecule has 9 atom stereocenters. The Morgan fingerprint density at radius 3 is 2.42 bits per heavy atom. The van der Waals surface area contributed by atoms with Gasteiger partial charge >= 0.3 is 5.97 Å². The number of phenolic OH excluding ortho intramolecular Hbond substituents is 1. The second kappa shape index (κ2) is 16.8. The summed E-state index contributed by atoms with van der Waals surface area (Å²) in [5, 5.41) is 52.6. The number of hydrogen-bond donors (Lipinski definition) is 12. The standard InChI is InChI=1S/C38H47N9O12/c1-15-7-19-9-18-10-21-31(19)59-37-38(21,20-5-4-6-24(48)28(20)47-37)11-23(34(56)41-12-25(49)40-14-27(51)52)45-33(55)17(3)43-26(50)13-42-36(58)29(30(18)53)46-35(57)22(8-15)44-32(54)16(2)39/h4-6,9-10,15-17,22-23,29-30,37,47-48,53H,7-8,11-14,39H2,1-3H3,(H,40,49)(H,41,56)(H,42,58)(H,43,50)(H,44,54)(H,45,55)(H,46,57)(H,51,52)/t15-,16?,17-,22-,23-,29-,30+,37+,38-/m0/s1. The Hall–Kier alpha value is -6.48. The summed E-state index contributed by atoms with van der Waals surface area (Å²) >= 11 is 0. The molecule has 1 spiro atoms. The molecule has 6 rings (SSSR count). The van der Waals surface area contributed by atoms with Gasteiger partial charge in [0.1, 0.15) is 48.3 Å². The number of hydrogen-bond acceptors (Lipinski definition) is 13. The van der Waals surface area contributed by atoms with Crippen LogP contribution in [0.15, 0.2) is 30.3 Å². The van der Waals surface area contributed by atoms with Crippen LogP contribution in [0.25, 0.3) is 0 Å². The first kappa shape index (κ1) is 42.1. The topological polar surface area (TPSA) is 329 Å². The molecule has 0 radical (unpaired) electrons. The Balaban J connectivity index is 1.54. The van der Waals surface area contributed by atoms with Crippen molar-refractivity contribution in [1.82, 2.24) is 37.2 Å². The van der Waals surface area contributed by atoms with Gasteiger partial charge in [0, 0.05) is 5.56 Å². The molecule has 0 saturated carbocycles. The molecule has 4 heterocycles. The summed E-state index contributed by atoms with van der Waals surface area (Å²) in [5.41, 5.74) is 6.01. The Kier molecular flexibility index (Phi) is 12.0. The van der Waals surface area contributed by atoms with Crippen LogP contribution in [0, 0.1) is 5.92 Å². The van der Waals surface area contributed by atoms with Crippen molar-refractivity contribution in [2.75, 3.05) is 25.0 Å². The number of aliphatic hydroxyl groups is 1. The van der Waals surface area contributed by atoms with Crippen LogP contribution in [0.5, 0.6) is 11.5 Å². The molecule has 21 heteroatoms. The van der Waals surface area contributed by atoms with Crippen molar-refractivity contribution in [3.8, 4) is 11.5 Å².